The molecule has 136 valence electrons. The van der Waals surface area contributed by atoms with Gasteiger partial charge in [0.15, 0.2) is 11.5 Å². The first-order chi connectivity index (χ1) is 11.7. The molecule has 1 aliphatic heterocycles. The summed E-state index contributed by atoms with van der Waals surface area (Å²) in [5.41, 5.74) is 0.975. The van der Waals surface area contributed by atoms with Crippen molar-refractivity contribution < 1.29 is 19.1 Å². The van der Waals surface area contributed by atoms with Crippen molar-refractivity contribution in [1.29, 1.82) is 0 Å². The molecule has 2 rings (SSSR count). The molecule has 1 N–H and O–H groups in total. The summed E-state index contributed by atoms with van der Waals surface area (Å²) in [6.45, 7) is 8.30. The lowest BCUT2D eigenvalue weighted by molar-refractivity contribution is -0.132. The van der Waals surface area contributed by atoms with Gasteiger partial charge in [0.05, 0.1) is 18.7 Å². The maximum atomic E-state index is 12.6. The quantitative estimate of drug-likeness (QED) is 0.888. The molecule has 6 heteroatoms. The molecule has 0 atom stereocenters. The zero-order chi connectivity index (χ0) is 18.6. The lowest BCUT2D eigenvalue weighted by Crippen LogP contribution is -2.46. The van der Waals surface area contributed by atoms with Crippen LogP contribution in [0.2, 0.25) is 0 Å². The van der Waals surface area contributed by atoms with Crippen LogP contribution in [0.3, 0.4) is 0 Å². The summed E-state index contributed by atoms with van der Waals surface area (Å²) >= 11 is 0. The molecule has 1 aromatic rings. The second-order valence-electron chi connectivity index (χ2n) is 7.03. The maximum Gasteiger partial charge on any atom is 0.253 e. The smallest absolute Gasteiger partial charge is 0.253 e. The van der Waals surface area contributed by atoms with E-state index in [-0.39, 0.29) is 30.5 Å². The molecule has 0 aromatic heterocycles. The van der Waals surface area contributed by atoms with Gasteiger partial charge in [0.2, 0.25) is 5.91 Å². The SMILES string of the molecule is CCOc1cccc2c1OCC(C(=O)N(C)CC(=O)NC(C)(C)C)=C2. The number of nitrogens with zero attached hydrogens (tertiary/aromatic N) is 1. The number of likely N-dealkylation sites (N-methyl/N-ethyl adjacent to an activating group) is 1. The van der Waals surface area contributed by atoms with Crippen molar-refractivity contribution in [3.8, 4) is 11.5 Å². The normalized spacial score (nSPS) is 13.2. The van der Waals surface area contributed by atoms with Gasteiger partial charge in [-0.3, -0.25) is 9.59 Å². The molecule has 0 saturated carbocycles. The highest BCUT2D eigenvalue weighted by Crippen LogP contribution is 2.35. The summed E-state index contributed by atoms with van der Waals surface area (Å²) < 4.78 is 11.3. The third-order valence-corrected chi connectivity index (χ3v) is 3.53. The van der Waals surface area contributed by atoms with Crippen LogP contribution in [0.1, 0.15) is 33.3 Å². The second kappa shape index (κ2) is 7.59. The van der Waals surface area contributed by atoms with Gasteiger partial charge >= 0.3 is 0 Å². The van der Waals surface area contributed by atoms with Gasteiger partial charge in [0, 0.05) is 18.2 Å². The summed E-state index contributed by atoms with van der Waals surface area (Å²) in [5.74, 6) is 0.894. The maximum absolute atomic E-state index is 12.6. The number of benzene rings is 1. The van der Waals surface area contributed by atoms with E-state index in [4.69, 9.17) is 9.47 Å². The summed E-state index contributed by atoms with van der Waals surface area (Å²) in [4.78, 5) is 26.0. The Bertz CT molecular complexity index is 689. The lowest BCUT2D eigenvalue weighted by atomic mass is 10.1. The van der Waals surface area contributed by atoms with Gasteiger partial charge < -0.3 is 19.7 Å². The van der Waals surface area contributed by atoms with Crippen molar-refractivity contribution in [2.24, 2.45) is 0 Å². The molecular weight excluding hydrogens is 320 g/mol. The van der Waals surface area contributed by atoms with Crippen LogP contribution in [0.25, 0.3) is 6.08 Å². The number of ether oxygens (including phenoxy) is 2. The van der Waals surface area contributed by atoms with E-state index in [0.29, 0.717) is 23.7 Å². The average molecular weight is 346 g/mol. The van der Waals surface area contributed by atoms with Gasteiger partial charge in [-0.15, -0.1) is 0 Å². The zero-order valence-electron chi connectivity index (χ0n) is 15.5. The van der Waals surface area contributed by atoms with E-state index in [2.05, 4.69) is 5.32 Å². The fourth-order valence-electron chi connectivity index (χ4n) is 2.56. The minimum Gasteiger partial charge on any atom is -0.490 e. The Balaban J connectivity index is 2.10. The molecule has 1 aliphatic rings. The van der Waals surface area contributed by atoms with Gasteiger partial charge in [-0.1, -0.05) is 12.1 Å². The number of hydrogen-bond donors (Lipinski definition) is 1. The summed E-state index contributed by atoms with van der Waals surface area (Å²) in [5, 5.41) is 2.84. The zero-order valence-corrected chi connectivity index (χ0v) is 15.5. The Labute approximate surface area is 148 Å². The fraction of sp³-hybridized carbons (Fsp3) is 0.474. The summed E-state index contributed by atoms with van der Waals surface area (Å²) in [6.07, 6.45) is 1.79. The minimum absolute atomic E-state index is 0.000708. The molecule has 0 radical (unpaired) electrons. The number of carbonyl (C=O) groups is 2. The molecule has 0 bridgehead atoms. The highest BCUT2D eigenvalue weighted by atomic mass is 16.5. The topological polar surface area (TPSA) is 67.9 Å². The number of para-hydroxylation sites is 1. The number of hydrogen-bond acceptors (Lipinski definition) is 4. The van der Waals surface area contributed by atoms with Crippen LogP contribution in [0.4, 0.5) is 0 Å². The van der Waals surface area contributed by atoms with E-state index in [1.54, 1.807) is 13.1 Å². The number of rotatable bonds is 5. The van der Waals surface area contributed by atoms with Crippen LogP contribution < -0.4 is 14.8 Å². The van der Waals surface area contributed by atoms with Gasteiger partial charge in [-0.25, -0.2) is 0 Å². The minimum atomic E-state index is -0.331. The Morgan fingerprint density at radius 2 is 2.04 bits per heavy atom. The van der Waals surface area contributed by atoms with Gasteiger partial charge in [-0.05, 0) is 39.8 Å². The van der Waals surface area contributed by atoms with Crippen molar-refractivity contribution in [3.63, 3.8) is 0 Å². The fourth-order valence-corrected chi connectivity index (χ4v) is 2.56. The standard InChI is InChI=1S/C19H26N2O4/c1-6-24-15-9-7-8-13-10-14(12-25-17(13)15)18(23)21(5)11-16(22)20-19(2,3)4/h7-10H,6,11-12H2,1-5H3,(H,20,22). The molecule has 0 aliphatic carbocycles. The van der Waals surface area contributed by atoms with E-state index in [1.807, 2.05) is 45.9 Å². The molecule has 0 fully saturated rings. The van der Waals surface area contributed by atoms with Crippen LogP contribution >= 0.6 is 0 Å². The Hall–Kier alpha value is -2.50. The Morgan fingerprint density at radius 1 is 1.32 bits per heavy atom. The van der Waals surface area contributed by atoms with Crippen LogP contribution in [0, 0.1) is 0 Å². The summed E-state index contributed by atoms with van der Waals surface area (Å²) in [6, 6.07) is 5.57. The average Bonchev–Trinajstić information content (AvgIpc) is 2.52. The van der Waals surface area contributed by atoms with Crippen molar-refractivity contribution in [2.75, 3.05) is 26.8 Å². The highest BCUT2D eigenvalue weighted by Gasteiger charge is 2.24. The molecule has 0 saturated heterocycles. The number of fused-ring (bicyclic) bond motifs is 1. The summed E-state index contributed by atoms with van der Waals surface area (Å²) in [7, 11) is 1.61. The molecular formula is C19H26N2O4. The third kappa shape index (κ3) is 4.98. The number of amides is 2. The molecule has 1 heterocycles. The highest BCUT2D eigenvalue weighted by molar-refractivity contribution is 6.00. The third-order valence-electron chi connectivity index (χ3n) is 3.53. The molecule has 6 nitrogen and oxygen atoms in total. The monoisotopic (exact) mass is 346 g/mol. The second-order valence-corrected chi connectivity index (χ2v) is 7.03. The van der Waals surface area contributed by atoms with E-state index in [0.717, 1.165) is 5.56 Å². The van der Waals surface area contributed by atoms with Crippen LogP contribution in [0.5, 0.6) is 11.5 Å². The van der Waals surface area contributed by atoms with Gasteiger partial charge in [0.25, 0.3) is 5.91 Å². The predicted octanol–water partition coefficient (Wildman–Crippen LogP) is 2.23. The first-order valence-electron chi connectivity index (χ1n) is 8.37. The molecule has 0 unspecified atom stereocenters. The van der Waals surface area contributed by atoms with Crippen LogP contribution in [-0.4, -0.2) is 49.1 Å². The van der Waals surface area contributed by atoms with Crippen LogP contribution in [-0.2, 0) is 9.59 Å². The van der Waals surface area contributed by atoms with E-state index in [9.17, 15) is 9.59 Å². The lowest BCUT2D eigenvalue weighted by Gasteiger charge is -2.25. The number of carbonyl (C=O) groups excluding carboxylic acids is 2. The first-order valence-corrected chi connectivity index (χ1v) is 8.37. The predicted molar refractivity (Wildman–Crippen MR) is 96.6 cm³/mol. The van der Waals surface area contributed by atoms with Crippen molar-refractivity contribution in [1.82, 2.24) is 10.2 Å². The van der Waals surface area contributed by atoms with E-state index >= 15 is 0 Å². The Kier molecular flexibility index (Phi) is 5.72. The molecule has 0 spiro atoms. The molecule has 2 amide bonds. The molecule has 25 heavy (non-hydrogen) atoms. The van der Waals surface area contributed by atoms with E-state index < -0.39 is 0 Å². The van der Waals surface area contributed by atoms with Crippen molar-refractivity contribution in [2.45, 2.75) is 33.2 Å². The first kappa shape index (κ1) is 18.8. The van der Waals surface area contributed by atoms with Gasteiger partial charge in [-0.2, -0.15) is 0 Å². The van der Waals surface area contributed by atoms with Crippen LogP contribution in [0.15, 0.2) is 23.8 Å². The van der Waals surface area contributed by atoms with Crippen molar-refractivity contribution in [3.05, 3.63) is 29.3 Å². The Morgan fingerprint density at radius 3 is 2.68 bits per heavy atom. The largest absolute Gasteiger partial charge is 0.490 e. The number of nitrogens with one attached hydrogen (secondary N) is 1. The van der Waals surface area contributed by atoms with Crippen molar-refractivity contribution >= 4 is 17.9 Å². The van der Waals surface area contributed by atoms with E-state index in [1.165, 1.54) is 4.90 Å². The molecule has 1 aromatic carbocycles. The van der Waals surface area contributed by atoms with Gasteiger partial charge in [0.1, 0.15) is 6.61 Å².